The van der Waals surface area contributed by atoms with Crippen LogP contribution >= 0.6 is 39.3 Å². The molecule has 0 atom stereocenters. The summed E-state index contributed by atoms with van der Waals surface area (Å²) in [4.78, 5) is 25.0. The van der Waals surface area contributed by atoms with Gasteiger partial charge in [-0.05, 0) is 54.6 Å². The molecule has 0 radical (unpaired) electrons. The third-order valence-corrected chi connectivity index (χ3v) is 6.34. The van der Waals surface area contributed by atoms with Crippen molar-refractivity contribution >= 4 is 56.8 Å². The van der Waals surface area contributed by atoms with Crippen molar-refractivity contribution in [2.24, 2.45) is 0 Å². The zero-order valence-electron chi connectivity index (χ0n) is 17.7. The van der Waals surface area contributed by atoms with Gasteiger partial charge in [0, 0.05) is 26.4 Å². The van der Waals surface area contributed by atoms with Gasteiger partial charge in [0.25, 0.3) is 5.91 Å². The highest BCUT2D eigenvalue weighted by molar-refractivity contribution is 9.10. The van der Waals surface area contributed by atoms with Crippen molar-refractivity contribution in [3.8, 4) is 5.69 Å². The summed E-state index contributed by atoms with van der Waals surface area (Å²) in [6.07, 6.45) is 0. The maximum absolute atomic E-state index is 12.5. The average molecular weight is 557 g/mol. The first-order valence-electron chi connectivity index (χ1n) is 10.2. The first kappa shape index (κ1) is 24.0. The number of thioether (sulfide) groups is 1. The standard InChI is InChI=1S/C24H19BrClN5O2S/c25-17-5-4-6-19(13-17)28-22(32)15-34-24-30-29-21(31(24)20-7-2-1-3-8-20)14-27-23(33)16-9-11-18(26)12-10-16/h1-13H,14-15H2,(H,27,33)(H,28,32). The molecule has 2 amide bonds. The molecule has 3 aromatic carbocycles. The summed E-state index contributed by atoms with van der Waals surface area (Å²) in [7, 11) is 0. The van der Waals surface area contributed by atoms with Gasteiger partial charge >= 0.3 is 0 Å². The number of amides is 2. The van der Waals surface area contributed by atoms with Gasteiger partial charge < -0.3 is 10.6 Å². The van der Waals surface area contributed by atoms with E-state index >= 15 is 0 Å². The zero-order valence-corrected chi connectivity index (χ0v) is 20.9. The fraction of sp³-hybridized carbons (Fsp3) is 0.0833. The second-order valence-electron chi connectivity index (χ2n) is 7.11. The minimum absolute atomic E-state index is 0.147. The molecule has 0 spiro atoms. The highest BCUT2D eigenvalue weighted by Crippen LogP contribution is 2.23. The summed E-state index contributed by atoms with van der Waals surface area (Å²) in [5, 5.41) is 15.4. The lowest BCUT2D eigenvalue weighted by Gasteiger charge is -2.11. The van der Waals surface area contributed by atoms with E-state index in [0.29, 0.717) is 27.3 Å². The van der Waals surface area contributed by atoms with Crippen LogP contribution in [-0.4, -0.2) is 32.3 Å². The van der Waals surface area contributed by atoms with Crippen molar-refractivity contribution in [3.05, 3.63) is 99.7 Å². The lowest BCUT2D eigenvalue weighted by molar-refractivity contribution is -0.113. The Bertz CT molecular complexity index is 1300. The van der Waals surface area contributed by atoms with Gasteiger partial charge in [0.1, 0.15) is 0 Å². The van der Waals surface area contributed by atoms with Crippen LogP contribution in [0, 0.1) is 0 Å². The summed E-state index contributed by atoms with van der Waals surface area (Å²) < 4.78 is 2.71. The van der Waals surface area contributed by atoms with Gasteiger partial charge in [-0.1, -0.05) is 63.6 Å². The average Bonchev–Trinajstić information content (AvgIpc) is 3.25. The lowest BCUT2D eigenvalue weighted by atomic mass is 10.2. The third kappa shape index (κ3) is 6.25. The number of halogens is 2. The molecule has 0 saturated carbocycles. The van der Waals surface area contributed by atoms with E-state index in [9.17, 15) is 9.59 Å². The molecule has 34 heavy (non-hydrogen) atoms. The minimum atomic E-state index is -0.248. The SMILES string of the molecule is O=C(CSc1nnc(CNC(=O)c2ccc(Cl)cc2)n1-c1ccccc1)Nc1cccc(Br)c1. The number of rotatable bonds is 8. The van der Waals surface area contributed by atoms with E-state index in [1.54, 1.807) is 24.3 Å². The predicted octanol–water partition coefficient (Wildman–Crippen LogP) is 5.34. The zero-order chi connectivity index (χ0) is 23.9. The van der Waals surface area contributed by atoms with E-state index in [4.69, 9.17) is 11.6 Å². The molecule has 0 saturated heterocycles. The van der Waals surface area contributed by atoms with E-state index < -0.39 is 0 Å². The molecular weight excluding hydrogens is 538 g/mol. The summed E-state index contributed by atoms with van der Waals surface area (Å²) in [5.41, 5.74) is 2.03. The molecule has 0 aliphatic carbocycles. The highest BCUT2D eigenvalue weighted by atomic mass is 79.9. The Morgan fingerprint density at radius 2 is 1.74 bits per heavy atom. The number of hydrogen-bond donors (Lipinski definition) is 2. The Morgan fingerprint density at radius 1 is 0.971 bits per heavy atom. The van der Waals surface area contributed by atoms with Crippen LogP contribution in [0.25, 0.3) is 5.69 Å². The van der Waals surface area contributed by atoms with Crippen molar-refractivity contribution in [2.75, 3.05) is 11.1 Å². The fourth-order valence-corrected chi connectivity index (χ4v) is 4.40. The number of hydrogen-bond acceptors (Lipinski definition) is 5. The molecule has 2 N–H and O–H groups in total. The lowest BCUT2D eigenvalue weighted by Crippen LogP contribution is -2.24. The van der Waals surface area contributed by atoms with Crippen molar-refractivity contribution in [3.63, 3.8) is 0 Å². The molecule has 172 valence electrons. The number of carbonyl (C=O) groups is 2. The number of para-hydroxylation sites is 1. The van der Waals surface area contributed by atoms with Crippen LogP contribution in [0.1, 0.15) is 16.2 Å². The smallest absolute Gasteiger partial charge is 0.251 e. The van der Waals surface area contributed by atoms with Crippen LogP contribution in [0.2, 0.25) is 5.02 Å². The Hall–Kier alpha value is -3.14. The summed E-state index contributed by atoms with van der Waals surface area (Å²) in [6, 6.07) is 23.6. The molecular formula is C24H19BrClN5O2S. The first-order chi connectivity index (χ1) is 16.5. The van der Waals surface area contributed by atoms with Gasteiger partial charge in [-0.15, -0.1) is 10.2 Å². The number of nitrogens with zero attached hydrogens (tertiary/aromatic N) is 3. The molecule has 0 unspecified atom stereocenters. The molecule has 0 aliphatic rings. The first-order valence-corrected chi connectivity index (χ1v) is 12.4. The van der Waals surface area contributed by atoms with Crippen LogP contribution in [0.3, 0.4) is 0 Å². The Morgan fingerprint density at radius 3 is 2.47 bits per heavy atom. The molecule has 7 nitrogen and oxygen atoms in total. The molecule has 10 heteroatoms. The van der Waals surface area contributed by atoms with Crippen molar-refractivity contribution in [2.45, 2.75) is 11.7 Å². The largest absolute Gasteiger partial charge is 0.345 e. The quantitative estimate of drug-likeness (QED) is 0.286. The third-order valence-electron chi connectivity index (χ3n) is 4.67. The summed E-state index contributed by atoms with van der Waals surface area (Å²) in [6.45, 7) is 0.161. The monoisotopic (exact) mass is 555 g/mol. The van der Waals surface area contributed by atoms with Crippen LogP contribution in [0.4, 0.5) is 5.69 Å². The highest BCUT2D eigenvalue weighted by Gasteiger charge is 2.17. The van der Waals surface area contributed by atoms with Crippen LogP contribution in [-0.2, 0) is 11.3 Å². The Kier molecular flexibility index (Phi) is 7.99. The van der Waals surface area contributed by atoms with Crippen molar-refractivity contribution in [1.82, 2.24) is 20.1 Å². The second-order valence-corrected chi connectivity index (χ2v) is 9.40. The van der Waals surface area contributed by atoms with E-state index in [-0.39, 0.29) is 24.1 Å². The van der Waals surface area contributed by atoms with E-state index in [0.717, 1.165) is 10.2 Å². The van der Waals surface area contributed by atoms with Gasteiger partial charge in [-0.25, -0.2) is 0 Å². The number of benzene rings is 3. The maximum atomic E-state index is 12.5. The van der Waals surface area contributed by atoms with Crippen molar-refractivity contribution < 1.29 is 9.59 Å². The van der Waals surface area contributed by atoms with Gasteiger partial charge in [0.05, 0.1) is 12.3 Å². The molecule has 0 fully saturated rings. The molecule has 1 heterocycles. The van der Waals surface area contributed by atoms with Gasteiger partial charge in [-0.3, -0.25) is 14.2 Å². The van der Waals surface area contributed by atoms with Crippen LogP contribution in [0.5, 0.6) is 0 Å². The number of aromatic nitrogens is 3. The molecule has 0 aliphatic heterocycles. The fourth-order valence-electron chi connectivity index (χ4n) is 3.10. The molecule has 1 aromatic heterocycles. The van der Waals surface area contributed by atoms with Gasteiger partial charge in [0.15, 0.2) is 11.0 Å². The van der Waals surface area contributed by atoms with Crippen LogP contribution in [0.15, 0.2) is 88.5 Å². The molecule has 0 bridgehead atoms. The Balaban J connectivity index is 1.47. The second kappa shape index (κ2) is 11.3. The number of carbonyl (C=O) groups excluding carboxylic acids is 2. The summed E-state index contributed by atoms with van der Waals surface area (Å²) in [5.74, 6) is 0.280. The predicted molar refractivity (Wildman–Crippen MR) is 137 cm³/mol. The van der Waals surface area contributed by atoms with E-state index in [1.165, 1.54) is 11.8 Å². The topological polar surface area (TPSA) is 88.9 Å². The van der Waals surface area contributed by atoms with E-state index in [1.807, 2.05) is 59.2 Å². The number of nitrogens with one attached hydrogen (secondary N) is 2. The van der Waals surface area contributed by atoms with Crippen LogP contribution < -0.4 is 10.6 Å². The van der Waals surface area contributed by atoms with Gasteiger partial charge in [-0.2, -0.15) is 0 Å². The van der Waals surface area contributed by atoms with E-state index in [2.05, 4.69) is 36.8 Å². The van der Waals surface area contributed by atoms with Gasteiger partial charge in [0.2, 0.25) is 5.91 Å². The Labute approximate surface area is 214 Å². The molecule has 4 rings (SSSR count). The number of anilines is 1. The maximum Gasteiger partial charge on any atom is 0.251 e. The minimum Gasteiger partial charge on any atom is -0.345 e. The normalized spacial score (nSPS) is 10.6. The van der Waals surface area contributed by atoms with Crippen molar-refractivity contribution in [1.29, 1.82) is 0 Å². The summed E-state index contributed by atoms with van der Waals surface area (Å²) >= 11 is 10.6. The molecule has 4 aromatic rings.